The van der Waals surface area contributed by atoms with Crippen molar-refractivity contribution in [3.8, 4) is 0 Å². The third kappa shape index (κ3) is 2.52. The first-order valence-corrected chi connectivity index (χ1v) is 7.62. The lowest BCUT2D eigenvalue weighted by atomic mass is 10.5. The molecule has 0 spiro atoms. The van der Waals surface area contributed by atoms with Crippen molar-refractivity contribution in [3.63, 3.8) is 0 Å². The average Bonchev–Trinajstić information content (AvgIpc) is 2.18. The lowest BCUT2D eigenvalue weighted by Gasteiger charge is -2.34. The fourth-order valence-corrected chi connectivity index (χ4v) is 4.59. The van der Waals surface area contributed by atoms with E-state index in [1.807, 2.05) is 0 Å². The van der Waals surface area contributed by atoms with Crippen molar-refractivity contribution in [2.45, 2.75) is 12.3 Å². The smallest absolute Gasteiger partial charge is 0.171 e. The number of hydrogen-bond acceptors (Lipinski definition) is 4. The minimum absolute atomic E-state index is 0.136. The van der Waals surface area contributed by atoms with Gasteiger partial charge in [-0.25, -0.2) is 8.42 Å². The summed E-state index contributed by atoms with van der Waals surface area (Å²) in [5.41, 5.74) is 5.49. The molecule has 0 aromatic rings. The van der Waals surface area contributed by atoms with Crippen molar-refractivity contribution in [1.29, 1.82) is 0 Å². The SMILES string of the molecule is CCS(=O)(=O)C1CSCCN1C(N)=S. The maximum Gasteiger partial charge on any atom is 0.171 e. The fraction of sp³-hybridized carbons (Fsp3) is 0.857. The first kappa shape index (κ1) is 12.1. The molecule has 4 nitrogen and oxygen atoms in total. The van der Waals surface area contributed by atoms with E-state index in [1.165, 1.54) is 0 Å². The van der Waals surface area contributed by atoms with Crippen LogP contribution in [-0.4, -0.2) is 47.6 Å². The predicted octanol–water partition coefficient (Wildman–Crippen LogP) is 0.0396. The third-order valence-electron chi connectivity index (χ3n) is 2.18. The summed E-state index contributed by atoms with van der Waals surface area (Å²) in [6.07, 6.45) is 0. The van der Waals surface area contributed by atoms with Gasteiger partial charge in [0.05, 0.1) is 0 Å². The molecule has 1 rings (SSSR count). The van der Waals surface area contributed by atoms with E-state index in [4.69, 9.17) is 18.0 Å². The fourth-order valence-electron chi connectivity index (χ4n) is 1.32. The normalized spacial score (nSPS) is 23.5. The van der Waals surface area contributed by atoms with E-state index in [-0.39, 0.29) is 10.9 Å². The van der Waals surface area contributed by atoms with Crippen molar-refractivity contribution >= 4 is 38.9 Å². The van der Waals surface area contributed by atoms with Gasteiger partial charge in [-0.15, -0.1) is 0 Å². The van der Waals surface area contributed by atoms with Crippen LogP contribution in [0.3, 0.4) is 0 Å². The number of nitrogens with two attached hydrogens (primary N) is 1. The molecule has 0 bridgehead atoms. The lowest BCUT2D eigenvalue weighted by molar-refractivity contribution is 0.412. The summed E-state index contributed by atoms with van der Waals surface area (Å²) in [7, 11) is -3.08. The van der Waals surface area contributed by atoms with Crippen LogP contribution in [-0.2, 0) is 9.84 Å². The number of thiocarbonyl (C=S) groups is 1. The van der Waals surface area contributed by atoms with Crippen molar-refractivity contribution in [1.82, 2.24) is 4.90 Å². The molecule has 14 heavy (non-hydrogen) atoms. The lowest BCUT2D eigenvalue weighted by Crippen LogP contribution is -2.52. The standard InChI is InChI=1S/C7H14N2O2S3/c1-2-14(10,11)6-5-13-4-3-9(6)7(8)12/h6H,2-5H2,1H3,(H2,8,12). The molecular formula is C7H14N2O2S3. The van der Waals surface area contributed by atoms with Crippen LogP contribution in [0.2, 0.25) is 0 Å². The Balaban J connectivity index is 2.88. The Kier molecular flexibility index (Phi) is 4.03. The summed E-state index contributed by atoms with van der Waals surface area (Å²) in [6.45, 7) is 2.27. The molecule has 1 saturated heterocycles. The van der Waals surface area contributed by atoms with E-state index < -0.39 is 15.2 Å². The van der Waals surface area contributed by atoms with Gasteiger partial charge in [0, 0.05) is 23.8 Å². The second-order valence-corrected chi connectivity index (χ2v) is 7.03. The maximum atomic E-state index is 11.7. The Hall–Kier alpha value is -0.0100. The molecule has 1 atom stereocenters. The Bertz CT molecular complexity index is 315. The first-order valence-electron chi connectivity index (χ1n) is 4.34. The Morgan fingerprint density at radius 2 is 2.36 bits per heavy atom. The van der Waals surface area contributed by atoms with E-state index >= 15 is 0 Å². The Labute approximate surface area is 94.1 Å². The molecule has 1 aliphatic heterocycles. The topological polar surface area (TPSA) is 63.4 Å². The molecule has 0 saturated carbocycles. The Morgan fingerprint density at radius 1 is 1.71 bits per heavy atom. The second-order valence-electron chi connectivity index (χ2n) is 3.01. The molecule has 0 aromatic carbocycles. The van der Waals surface area contributed by atoms with Gasteiger partial charge >= 0.3 is 0 Å². The van der Waals surface area contributed by atoms with E-state index in [2.05, 4.69) is 0 Å². The molecule has 82 valence electrons. The van der Waals surface area contributed by atoms with Crippen LogP contribution in [0.4, 0.5) is 0 Å². The zero-order valence-corrected chi connectivity index (χ0v) is 10.4. The first-order chi connectivity index (χ1) is 6.49. The van der Waals surface area contributed by atoms with Crippen LogP contribution in [0, 0.1) is 0 Å². The summed E-state index contributed by atoms with van der Waals surface area (Å²) in [5, 5.41) is -0.337. The molecule has 1 aliphatic rings. The molecule has 2 N–H and O–H groups in total. The van der Waals surface area contributed by atoms with Crippen molar-refractivity contribution < 1.29 is 8.42 Å². The van der Waals surface area contributed by atoms with Crippen molar-refractivity contribution in [2.75, 3.05) is 23.8 Å². The van der Waals surface area contributed by atoms with Gasteiger partial charge in [-0.05, 0) is 12.2 Å². The van der Waals surface area contributed by atoms with Crippen LogP contribution >= 0.6 is 24.0 Å². The molecule has 0 radical (unpaired) electrons. The molecule has 1 fully saturated rings. The number of sulfone groups is 1. The minimum Gasteiger partial charge on any atom is -0.376 e. The van der Waals surface area contributed by atoms with Gasteiger partial charge < -0.3 is 10.6 Å². The molecule has 7 heteroatoms. The molecule has 1 unspecified atom stereocenters. The van der Waals surface area contributed by atoms with Crippen molar-refractivity contribution in [3.05, 3.63) is 0 Å². The second kappa shape index (κ2) is 4.67. The van der Waals surface area contributed by atoms with Gasteiger partial charge in [0.1, 0.15) is 5.37 Å². The van der Waals surface area contributed by atoms with E-state index in [0.29, 0.717) is 12.3 Å². The van der Waals surface area contributed by atoms with Crippen LogP contribution in [0.15, 0.2) is 0 Å². The van der Waals surface area contributed by atoms with Gasteiger partial charge in [-0.2, -0.15) is 11.8 Å². The molecular weight excluding hydrogens is 240 g/mol. The van der Waals surface area contributed by atoms with E-state index in [1.54, 1.807) is 23.6 Å². The van der Waals surface area contributed by atoms with Crippen LogP contribution in [0.5, 0.6) is 0 Å². The third-order valence-corrected chi connectivity index (χ3v) is 5.71. The summed E-state index contributed by atoms with van der Waals surface area (Å²) in [4.78, 5) is 1.62. The molecule has 0 amide bonds. The monoisotopic (exact) mass is 254 g/mol. The van der Waals surface area contributed by atoms with Gasteiger partial charge in [-0.1, -0.05) is 6.92 Å². The summed E-state index contributed by atoms with van der Waals surface area (Å²) >= 11 is 6.47. The summed E-state index contributed by atoms with van der Waals surface area (Å²) in [5.74, 6) is 1.58. The van der Waals surface area contributed by atoms with Crippen molar-refractivity contribution in [2.24, 2.45) is 5.73 Å². The number of hydrogen-bond donors (Lipinski definition) is 1. The van der Waals surface area contributed by atoms with Gasteiger partial charge in [0.25, 0.3) is 0 Å². The largest absolute Gasteiger partial charge is 0.376 e. The highest BCUT2D eigenvalue weighted by molar-refractivity contribution is 8.01. The predicted molar refractivity (Wildman–Crippen MR) is 64.1 cm³/mol. The van der Waals surface area contributed by atoms with E-state index in [9.17, 15) is 8.42 Å². The Morgan fingerprint density at radius 3 is 2.86 bits per heavy atom. The van der Waals surface area contributed by atoms with E-state index in [0.717, 1.165) is 5.75 Å². The number of rotatable bonds is 2. The summed E-state index contributed by atoms with van der Waals surface area (Å²) < 4.78 is 23.4. The highest BCUT2D eigenvalue weighted by atomic mass is 32.2. The average molecular weight is 254 g/mol. The molecule has 1 heterocycles. The zero-order valence-electron chi connectivity index (χ0n) is 7.97. The highest BCUT2D eigenvalue weighted by Gasteiger charge is 2.33. The quantitative estimate of drug-likeness (QED) is 0.702. The van der Waals surface area contributed by atoms with Gasteiger partial charge in [0.2, 0.25) is 0 Å². The zero-order chi connectivity index (χ0) is 10.8. The van der Waals surface area contributed by atoms with Crippen LogP contribution < -0.4 is 5.73 Å². The minimum atomic E-state index is -3.08. The summed E-state index contributed by atoms with van der Waals surface area (Å²) in [6, 6.07) is 0. The van der Waals surface area contributed by atoms with Gasteiger partial charge in [0.15, 0.2) is 14.9 Å². The molecule has 0 aromatic heterocycles. The number of nitrogens with zero attached hydrogens (tertiary/aromatic N) is 1. The highest BCUT2D eigenvalue weighted by Crippen LogP contribution is 2.20. The van der Waals surface area contributed by atoms with Gasteiger partial charge in [-0.3, -0.25) is 0 Å². The number of thioether (sulfide) groups is 1. The van der Waals surface area contributed by atoms with Crippen LogP contribution in [0.25, 0.3) is 0 Å². The maximum absolute atomic E-state index is 11.7. The molecule has 0 aliphatic carbocycles. The van der Waals surface area contributed by atoms with Crippen LogP contribution in [0.1, 0.15) is 6.92 Å².